The highest BCUT2D eigenvalue weighted by atomic mass is 16.5. The number of methoxy groups -OCH3 is 1. The van der Waals surface area contributed by atoms with Gasteiger partial charge in [0.2, 0.25) is 5.82 Å². The van der Waals surface area contributed by atoms with Crippen molar-refractivity contribution >= 4 is 0 Å². The van der Waals surface area contributed by atoms with E-state index in [1.54, 1.807) is 7.11 Å². The highest BCUT2D eigenvalue weighted by Gasteiger charge is 2.24. The summed E-state index contributed by atoms with van der Waals surface area (Å²) in [4.78, 5) is 4.50. The molecule has 0 amide bonds. The molecule has 8 nitrogen and oxygen atoms in total. The van der Waals surface area contributed by atoms with Gasteiger partial charge in [0.15, 0.2) is 5.69 Å². The van der Waals surface area contributed by atoms with E-state index in [1.807, 2.05) is 66.2 Å². The molecule has 0 bridgehead atoms. The number of aromatic nitrogens is 4. The van der Waals surface area contributed by atoms with Crippen LogP contribution in [0.4, 0.5) is 0 Å². The van der Waals surface area contributed by atoms with Crippen LogP contribution in [0.15, 0.2) is 59.1 Å². The lowest BCUT2D eigenvalue weighted by Gasteiger charge is -2.24. The third-order valence-corrected chi connectivity index (χ3v) is 5.19. The van der Waals surface area contributed by atoms with Crippen molar-refractivity contribution in [1.82, 2.24) is 19.9 Å². The minimum absolute atomic E-state index is 0.0755. The van der Waals surface area contributed by atoms with Gasteiger partial charge in [-0.15, -0.1) is 0 Å². The van der Waals surface area contributed by atoms with Crippen molar-refractivity contribution in [3.05, 3.63) is 65.9 Å². The molecule has 0 radical (unpaired) electrons. The van der Waals surface area contributed by atoms with Gasteiger partial charge in [-0.25, -0.2) is 0 Å². The number of rotatable bonds is 6. The smallest absolute Gasteiger partial charge is 0.278 e. The summed E-state index contributed by atoms with van der Waals surface area (Å²) in [7, 11) is 1.63. The Labute approximate surface area is 179 Å². The van der Waals surface area contributed by atoms with Crippen LogP contribution in [0.25, 0.3) is 23.0 Å². The summed E-state index contributed by atoms with van der Waals surface area (Å²) in [6.07, 6.45) is -0.0755. The van der Waals surface area contributed by atoms with Gasteiger partial charge in [0.1, 0.15) is 17.6 Å². The minimum atomic E-state index is -0.0755. The van der Waals surface area contributed by atoms with Crippen LogP contribution in [0.2, 0.25) is 0 Å². The van der Waals surface area contributed by atoms with E-state index in [0.717, 1.165) is 28.3 Å². The van der Waals surface area contributed by atoms with Crippen molar-refractivity contribution in [2.45, 2.75) is 26.2 Å². The Kier molecular flexibility index (Phi) is 5.13. The molecule has 0 saturated carbocycles. The molecule has 0 aliphatic carbocycles. The van der Waals surface area contributed by atoms with Crippen molar-refractivity contribution in [3.8, 4) is 34.5 Å². The van der Waals surface area contributed by atoms with E-state index in [2.05, 4.69) is 15.2 Å². The molecule has 2 aromatic heterocycles. The largest absolute Gasteiger partial charge is 0.497 e. The maximum atomic E-state index is 6.06. The number of hydrogen-bond donors (Lipinski definition) is 0. The second-order valence-electron chi connectivity index (χ2n) is 7.16. The molecule has 0 spiro atoms. The maximum absolute atomic E-state index is 6.06. The van der Waals surface area contributed by atoms with E-state index in [-0.39, 0.29) is 6.10 Å². The Morgan fingerprint density at radius 2 is 1.84 bits per heavy atom. The van der Waals surface area contributed by atoms with Crippen LogP contribution in [0.3, 0.4) is 0 Å². The molecule has 1 atom stereocenters. The molecule has 0 fully saturated rings. The molecule has 5 rings (SSSR count). The Bertz CT molecular complexity index is 1170. The van der Waals surface area contributed by atoms with Crippen LogP contribution in [0.1, 0.15) is 24.3 Å². The first-order valence-electron chi connectivity index (χ1n) is 10.1. The van der Waals surface area contributed by atoms with Crippen molar-refractivity contribution in [3.63, 3.8) is 0 Å². The van der Waals surface area contributed by atoms with Crippen LogP contribution in [-0.2, 0) is 17.9 Å². The first kappa shape index (κ1) is 19.3. The Balaban J connectivity index is 1.33. The summed E-state index contributed by atoms with van der Waals surface area (Å²) in [6, 6.07) is 17.4. The maximum Gasteiger partial charge on any atom is 0.278 e. The molecule has 1 aliphatic heterocycles. The van der Waals surface area contributed by atoms with E-state index in [9.17, 15) is 0 Å². The number of nitrogens with zero attached hydrogens (tertiary/aromatic N) is 4. The van der Waals surface area contributed by atoms with Crippen molar-refractivity contribution < 1.29 is 18.7 Å². The standard InChI is InChI=1S/C23H22N4O4/c1-3-29-19-10-4-15(5-11-19)21-13-27-17(14-30-21)12-20(25-27)23-24-22(26-31-23)16-6-8-18(28-2)9-7-16/h4-12,21H,3,13-14H2,1-2H3. The zero-order valence-electron chi connectivity index (χ0n) is 17.3. The van der Waals surface area contributed by atoms with Crippen molar-refractivity contribution in [2.75, 3.05) is 13.7 Å². The van der Waals surface area contributed by atoms with E-state index in [4.69, 9.17) is 18.7 Å². The van der Waals surface area contributed by atoms with Crippen LogP contribution >= 0.6 is 0 Å². The van der Waals surface area contributed by atoms with Crippen LogP contribution in [0.5, 0.6) is 11.5 Å². The van der Waals surface area contributed by atoms with Gasteiger partial charge < -0.3 is 18.7 Å². The first-order valence-corrected chi connectivity index (χ1v) is 10.1. The fourth-order valence-corrected chi connectivity index (χ4v) is 3.56. The van der Waals surface area contributed by atoms with Gasteiger partial charge in [-0.2, -0.15) is 10.1 Å². The summed E-state index contributed by atoms with van der Waals surface area (Å²) < 4.78 is 24.2. The minimum Gasteiger partial charge on any atom is -0.497 e. The topological polar surface area (TPSA) is 84.4 Å². The lowest BCUT2D eigenvalue weighted by molar-refractivity contribution is -0.00115. The van der Waals surface area contributed by atoms with E-state index >= 15 is 0 Å². The van der Waals surface area contributed by atoms with Gasteiger partial charge in [0.05, 0.1) is 32.6 Å². The summed E-state index contributed by atoms with van der Waals surface area (Å²) in [5, 5.41) is 8.76. The molecule has 0 saturated heterocycles. The second-order valence-corrected chi connectivity index (χ2v) is 7.16. The third kappa shape index (κ3) is 3.89. The van der Waals surface area contributed by atoms with E-state index in [1.165, 1.54) is 0 Å². The summed E-state index contributed by atoms with van der Waals surface area (Å²) in [5.41, 5.74) is 3.55. The van der Waals surface area contributed by atoms with Crippen LogP contribution in [-0.4, -0.2) is 33.6 Å². The zero-order chi connectivity index (χ0) is 21.2. The average Bonchev–Trinajstić information content (AvgIpc) is 3.47. The Morgan fingerprint density at radius 3 is 2.58 bits per heavy atom. The van der Waals surface area contributed by atoms with Gasteiger partial charge >= 0.3 is 0 Å². The monoisotopic (exact) mass is 418 g/mol. The molecule has 3 heterocycles. The third-order valence-electron chi connectivity index (χ3n) is 5.19. The zero-order valence-corrected chi connectivity index (χ0v) is 17.3. The molecule has 158 valence electrons. The molecular weight excluding hydrogens is 396 g/mol. The number of hydrogen-bond acceptors (Lipinski definition) is 7. The van der Waals surface area contributed by atoms with Crippen molar-refractivity contribution in [1.29, 1.82) is 0 Å². The number of benzene rings is 2. The van der Waals surface area contributed by atoms with Gasteiger partial charge in [0.25, 0.3) is 5.89 Å². The second kappa shape index (κ2) is 8.23. The van der Waals surface area contributed by atoms with Gasteiger partial charge in [-0.05, 0) is 55.0 Å². The Morgan fingerprint density at radius 1 is 1.06 bits per heavy atom. The summed E-state index contributed by atoms with van der Waals surface area (Å²) >= 11 is 0. The summed E-state index contributed by atoms with van der Waals surface area (Å²) in [6.45, 7) is 3.69. The highest BCUT2D eigenvalue weighted by molar-refractivity contribution is 5.59. The molecule has 2 aromatic carbocycles. The fourth-order valence-electron chi connectivity index (χ4n) is 3.56. The van der Waals surface area contributed by atoms with Crippen LogP contribution in [0, 0.1) is 0 Å². The molecular formula is C23H22N4O4. The van der Waals surface area contributed by atoms with E-state index in [0.29, 0.717) is 37.2 Å². The predicted octanol–water partition coefficient (Wildman–Crippen LogP) is 4.28. The SMILES string of the molecule is CCOc1ccc(C2Cn3nc(-c4nc(-c5ccc(OC)cc5)no4)cc3CO2)cc1. The summed E-state index contributed by atoms with van der Waals surface area (Å²) in [5.74, 6) is 2.52. The highest BCUT2D eigenvalue weighted by Crippen LogP contribution is 2.30. The van der Waals surface area contributed by atoms with Crippen molar-refractivity contribution in [2.24, 2.45) is 0 Å². The molecule has 1 unspecified atom stereocenters. The predicted molar refractivity (Wildman–Crippen MR) is 113 cm³/mol. The number of ether oxygens (including phenoxy) is 3. The molecule has 8 heteroatoms. The van der Waals surface area contributed by atoms with Gasteiger partial charge in [0, 0.05) is 5.56 Å². The van der Waals surface area contributed by atoms with Gasteiger partial charge in [-0.3, -0.25) is 4.68 Å². The Hall–Kier alpha value is -3.65. The first-order chi connectivity index (χ1) is 15.2. The average molecular weight is 418 g/mol. The van der Waals surface area contributed by atoms with E-state index < -0.39 is 0 Å². The fraction of sp³-hybridized carbons (Fsp3) is 0.261. The quantitative estimate of drug-likeness (QED) is 0.462. The molecule has 31 heavy (non-hydrogen) atoms. The van der Waals surface area contributed by atoms with Gasteiger partial charge in [-0.1, -0.05) is 17.3 Å². The lowest BCUT2D eigenvalue weighted by atomic mass is 10.1. The number of fused-ring (bicyclic) bond motifs is 1. The molecule has 4 aromatic rings. The molecule has 1 aliphatic rings. The normalized spacial score (nSPS) is 15.5. The lowest BCUT2D eigenvalue weighted by Crippen LogP contribution is -2.21. The molecule has 0 N–H and O–H groups in total. The van der Waals surface area contributed by atoms with Crippen LogP contribution < -0.4 is 9.47 Å².